The summed E-state index contributed by atoms with van der Waals surface area (Å²) >= 11 is 0. The molecule has 0 saturated carbocycles. The molecule has 2 N–H and O–H groups in total. The topological polar surface area (TPSA) is 54.9 Å². The first-order chi connectivity index (χ1) is 7.74. The standard InChI is InChI=1S/C11H25N3O2.HI/c1-5-12-11(13-7-8-16-6-2)14-10(3)9-15-4;/h10H,5-9H2,1-4H3,(H2,12,13,14);1H. The van der Waals surface area contributed by atoms with Gasteiger partial charge in [-0.05, 0) is 20.8 Å². The predicted molar refractivity (Wildman–Crippen MR) is 82.4 cm³/mol. The minimum atomic E-state index is 0. The van der Waals surface area contributed by atoms with Crippen LogP contribution >= 0.6 is 24.0 Å². The first-order valence-electron chi connectivity index (χ1n) is 5.86. The van der Waals surface area contributed by atoms with Crippen LogP contribution in [-0.2, 0) is 9.47 Å². The lowest BCUT2D eigenvalue weighted by atomic mass is 10.4. The second kappa shape index (κ2) is 14.0. The third kappa shape index (κ3) is 12.2. The molecule has 0 saturated heterocycles. The van der Waals surface area contributed by atoms with Crippen molar-refractivity contribution in [2.45, 2.75) is 26.8 Å². The summed E-state index contributed by atoms with van der Waals surface area (Å²) < 4.78 is 10.3. The van der Waals surface area contributed by atoms with E-state index in [1.54, 1.807) is 7.11 Å². The Kier molecular flexibility index (Phi) is 15.8. The van der Waals surface area contributed by atoms with Crippen molar-refractivity contribution in [1.82, 2.24) is 10.6 Å². The van der Waals surface area contributed by atoms with E-state index in [2.05, 4.69) is 22.5 Å². The second-order valence-electron chi connectivity index (χ2n) is 3.46. The quantitative estimate of drug-likeness (QED) is 0.296. The van der Waals surface area contributed by atoms with Gasteiger partial charge in [0.05, 0.1) is 19.8 Å². The minimum Gasteiger partial charge on any atom is -0.383 e. The largest absolute Gasteiger partial charge is 0.383 e. The maximum atomic E-state index is 5.23. The monoisotopic (exact) mass is 359 g/mol. The van der Waals surface area contributed by atoms with E-state index in [4.69, 9.17) is 9.47 Å². The van der Waals surface area contributed by atoms with Crippen LogP contribution in [-0.4, -0.2) is 52.0 Å². The number of nitrogens with one attached hydrogen (secondary N) is 2. The molecule has 0 fully saturated rings. The van der Waals surface area contributed by atoms with Gasteiger partial charge in [0.15, 0.2) is 5.96 Å². The Morgan fingerprint density at radius 3 is 2.59 bits per heavy atom. The fraction of sp³-hybridized carbons (Fsp3) is 0.909. The van der Waals surface area contributed by atoms with Gasteiger partial charge < -0.3 is 20.1 Å². The highest BCUT2D eigenvalue weighted by atomic mass is 127. The van der Waals surface area contributed by atoms with Gasteiger partial charge in [-0.25, -0.2) is 0 Å². The summed E-state index contributed by atoms with van der Waals surface area (Å²) in [5.74, 6) is 0.812. The van der Waals surface area contributed by atoms with E-state index in [0.29, 0.717) is 19.8 Å². The summed E-state index contributed by atoms with van der Waals surface area (Å²) in [6.45, 7) is 9.65. The molecule has 1 unspecified atom stereocenters. The molecule has 6 heteroatoms. The molecule has 0 rings (SSSR count). The smallest absolute Gasteiger partial charge is 0.191 e. The van der Waals surface area contributed by atoms with Gasteiger partial charge in [-0.15, -0.1) is 24.0 Å². The van der Waals surface area contributed by atoms with E-state index in [-0.39, 0.29) is 30.0 Å². The SMILES string of the molecule is CCNC(=NCCOCC)NC(C)COC.I. The molecule has 17 heavy (non-hydrogen) atoms. The Labute approximate surface area is 122 Å². The average Bonchev–Trinajstić information content (AvgIpc) is 2.25. The predicted octanol–water partition coefficient (Wildman–Crippen LogP) is 1.23. The lowest BCUT2D eigenvalue weighted by molar-refractivity contribution is 0.155. The Hall–Kier alpha value is -0.0800. The van der Waals surface area contributed by atoms with Crippen LogP contribution in [0.2, 0.25) is 0 Å². The van der Waals surface area contributed by atoms with Gasteiger partial charge in [0.2, 0.25) is 0 Å². The van der Waals surface area contributed by atoms with Crippen molar-refractivity contribution in [3.05, 3.63) is 0 Å². The van der Waals surface area contributed by atoms with Gasteiger partial charge in [0.25, 0.3) is 0 Å². The Morgan fingerprint density at radius 2 is 2.06 bits per heavy atom. The molecular formula is C11H26IN3O2. The Bertz CT molecular complexity index is 192. The zero-order chi connectivity index (χ0) is 12.2. The van der Waals surface area contributed by atoms with Crippen LogP contribution in [0.15, 0.2) is 4.99 Å². The molecule has 0 aromatic carbocycles. The van der Waals surface area contributed by atoms with Gasteiger partial charge in [-0.3, -0.25) is 4.99 Å². The van der Waals surface area contributed by atoms with Gasteiger partial charge in [-0.1, -0.05) is 0 Å². The molecule has 0 aromatic heterocycles. The lowest BCUT2D eigenvalue weighted by Gasteiger charge is -2.16. The number of aliphatic imine (C=N–C) groups is 1. The summed E-state index contributed by atoms with van der Waals surface area (Å²) in [5.41, 5.74) is 0. The molecule has 1 atom stereocenters. The van der Waals surface area contributed by atoms with Crippen molar-refractivity contribution in [2.75, 3.05) is 40.0 Å². The third-order valence-electron chi connectivity index (χ3n) is 1.85. The molecule has 0 heterocycles. The first-order valence-corrected chi connectivity index (χ1v) is 5.86. The van der Waals surface area contributed by atoms with Crippen molar-refractivity contribution < 1.29 is 9.47 Å². The molecule has 0 bridgehead atoms. The third-order valence-corrected chi connectivity index (χ3v) is 1.85. The van der Waals surface area contributed by atoms with Crippen LogP contribution in [0.4, 0.5) is 0 Å². The number of rotatable bonds is 8. The molecular weight excluding hydrogens is 333 g/mol. The van der Waals surface area contributed by atoms with E-state index in [0.717, 1.165) is 19.1 Å². The molecule has 0 radical (unpaired) electrons. The first kappa shape index (κ1) is 19.3. The molecule has 0 aromatic rings. The number of halogens is 1. The van der Waals surface area contributed by atoms with Gasteiger partial charge in [-0.2, -0.15) is 0 Å². The van der Waals surface area contributed by atoms with Crippen LogP contribution in [0, 0.1) is 0 Å². The summed E-state index contributed by atoms with van der Waals surface area (Å²) in [7, 11) is 1.69. The van der Waals surface area contributed by atoms with E-state index < -0.39 is 0 Å². The van der Waals surface area contributed by atoms with Crippen molar-refractivity contribution >= 4 is 29.9 Å². The lowest BCUT2D eigenvalue weighted by Crippen LogP contribution is -2.44. The summed E-state index contributed by atoms with van der Waals surface area (Å²) in [4.78, 5) is 4.39. The molecule has 0 aliphatic rings. The number of hydrogen-bond acceptors (Lipinski definition) is 3. The van der Waals surface area contributed by atoms with Crippen molar-refractivity contribution in [1.29, 1.82) is 0 Å². The van der Waals surface area contributed by atoms with E-state index in [1.807, 2.05) is 13.8 Å². The molecule has 0 aliphatic carbocycles. The van der Waals surface area contributed by atoms with E-state index in [9.17, 15) is 0 Å². The van der Waals surface area contributed by atoms with Crippen LogP contribution in [0.25, 0.3) is 0 Å². The average molecular weight is 359 g/mol. The maximum absolute atomic E-state index is 5.23. The fourth-order valence-corrected chi connectivity index (χ4v) is 1.21. The number of hydrogen-bond donors (Lipinski definition) is 2. The summed E-state index contributed by atoms with van der Waals surface area (Å²) in [5, 5.41) is 6.43. The van der Waals surface area contributed by atoms with Crippen molar-refractivity contribution in [3.63, 3.8) is 0 Å². The summed E-state index contributed by atoms with van der Waals surface area (Å²) in [6.07, 6.45) is 0. The van der Waals surface area contributed by atoms with E-state index >= 15 is 0 Å². The molecule has 5 nitrogen and oxygen atoms in total. The Balaban J connectivity index is 0. The van der Waals surface area contributed by atoms with Crippen molar-refractivity contribution in [3.8, 4) is 0 Å². The zero-order valence-corrected chi connectivity index (χ0v) is 13.6. The van der Waals surface area contributed by atoms with Crippen LogP contribution in [0.3, 0.4) is 0 Å². The highest BCUT2D eigenvalue weighted by Gasteiger charge is 2.03. The van der Waals surface area contributed by atoms with Gasteiger partial charge in [0, 0.05) is 26.3 Å². The normalized spacial score (nSPS) is 12.8. The maximum Gasteiger partial charge on any atom is 0.191 e. The Morgan fingerprint density at radius 1 is 1.35 bits per heavy atom. The highest BCUT2D eigenvalue weighted by molar-refractivity contribution is 14.0. The van der Waals surface area contributed by atoms with Crippen LogP contribution in [0.5, 0.6) is 0 Å². The van der Waals surface area contributed by atoms with Crippen LogP contribution < -0.4 is 10.6 Å². The van der Waals surface area contributed by atoms with Gasteiger partial charge >= 0.3 is 0 Å². The molecule has 0 amide bonds. The second-order valence-corrected chi connectivity index (χ2v) is 3.46. The number of nitrogens with zero attached hydrogens (tertiary/aromatic N) is 1. The van der Waals surface area contributed by atoms with Gasteiger partial charge in [0.1, 0.15) is 0 Å². The number of ether oxygens (including phenoxy) is 2. The van der Waals surface area contributed by atoms with E-state index in [1.165, 1.54) is 0 Å². The molecule has 104 valence electrons. The van der Waals surface area contributed by atoms with Crippen molar-refractivity contribution in [2.24, 2.45) is 4.99 Å². The minimum absolute atomic E-state index is 0. The van der Waals surface area contributed by atoms with Crippen LogP contribution in [0.1, 0.15) is 20.8 Å². The summed E-state index contributed by atoms with van der Waals surface area (Å²) in [6, 6.07) is 0.245. The fourth-order valence-electron chi connectivity index (χ4n) is 1.21. The molecule has 0 spiro atoms. The molecule has 0 aliphatic heterocycles. The zero-order valence-electron chi connectivity index (χ0n) is 11.3. The highest BCUT2D eigenvalue weighted by Crippen LogP contribution is 1.84. The number of methoxy groups -OCH3 is 1. The number of guanidine groups is 1.